The van der Waals surface area contributed by atoms with Crippen LogP contribution in [0.5, 0.6) is 0 Å². The summed E-state index contributed by atoms with van der Waals surface area (Å²) in [5, 5.41) is 1.16. The molecule has 7 heteroatoms. The predicted molar refractivity (Wildman–Crippen MR) is 106 cm³/mol. The number of para-hydroxylation sites is 1. The van der Waals surface area contributed by atoms with E-state index in [0.29, 0.717) is 13.0 Å². The van der Waals surface area contributed by atoms with E-state index in [1.807, 2.05) is 23.1 Å². The number of amides is 1. The number of nitrogens with zero attached hydrogens (tertiary/aromatic N) is 1. The van der Waals surface area contributed by atoms with Crippen molar-refractivity contribution in [1.29, 1.82) is 0 Å². The summed E-state index contributed by atoms with van der Waals surface area (Å²) in [6, 6.07) is 7.87. The van der Waals surface area contributed by atoms with E-state index in [4.69, 9.17) is 9.47 Å². The molecule has 3 heterocycles. The van der Waals surface area contributed by atoms with Gasteiger partial charge in [0.1, 0.15) is 0 Å². The lowest BCUT2D eigenvalue weighted by Gasteiger charge is -2.44. The quantitative estimate of drug-likeness (QED) is 0.783. The van der Waals surface area contributed by atoms with Crippen molar-refractivity contribution in [3.8, 4) is 0 Å². The summed E-state index contributed by atoms with van der Waals surface area (Å²) >= 11 is 0. The molecule has 1 fully saturated rings. The zero-order chi connectivity index (χ0) is 20.5. The maximum Gasteiger partial charge on any atom is 0.309 e. The molecule has 2 aromatic rings. The molecule has 0 radical (unpaired) electrons. The fraction of sp³-hybridized carbons (Fsp3) is 0.500. The van der Waals surface area contributed by atoms with Gasteiger partial charge in [-0.15, -0.1) is 0 Å². The second kappa shape index (κ2) is 7.89. The molecule has 1 aromatic carbocycles. The van der Waals surface area contributed by atoms with Crippen LogP contribution in [-0.2, 0) is 30.3 Å². The first-order valence-corrected chi connectivity index (χ1v) is 10.3. The number of H-pyrrole nitrogens is 1. The van der Waals surface area contributed by atoms with Gasteiger partial charge in [-0.05, 0) is 38.3 Å². The first-order chi connectivity index (χ1) is 14.0. The molecule has 4 rings (SSSR count). The number of nitrogens with one attached hydrogen (secondary N) is 1. The van der Waals surface area contributed by atoms with Gasteiger partial charge in [0, 0.05) is 23.1 Å². The minimum Gasteiger partial charge on any atom is -0.466 e. The van der Waals surface area contributed by atoms with Crippen LogP contribution in [-0.4, -0.2) is 47.5 Å². The number of hydrogen-bond acceptors (Lipinski definition) is 5. The van der Waals surface area contributed by atoms with Gasteiger partial charge >= 0.3 is 11.9 Å². The lowest BCUT2D eigenvalue weighted by atomic mass is 9.76. The van der Waals surface area contributed by atoms with Crippen LogP contribution >= 0.6 is 0 Å². The van der Waals surface area contributed by atoms with Crippen molar-refractivity contribution in [2.24, 2.45) is 11.8 Å². The van der Waals surface area contributed by atoms with Crippen LogP contribution in [0.15, 0.2) is 24.3 Å². The third-order valence-corrected chi connectivity index (χ3v) is 6.00. The van der Waals surface area contributed by atoms with Gasteiger partial charge in [-0.2, -0.15) is 0 Å². The van der Waals surface area contributed by atoms with Gasteiger partial charge in [-0.3, -0.25) is 14.4 Å². The molecule has 0 aliphatic carbocycles. The van der Waals surface area contributed by atoms with Crippen molar-refractivity contribution in [2.75, 3.05) is 19.8 Å². The van der Waals surface area contributed by atoms with Gasteiger partial charge in [0.05, 0.1) is 37.5 Å². The Hall–Kier alpha value is -2.83. The van der Waals surface area contributed by atoms with Crippen molar-refractivity contribution in [3.05, 3.63) is 35.5 Å². The Morgan fingerprint density at radius 3 is 2.69 bits per heavy atom. The number of hydrogen-bond donors (Lipinski definition) is 1. The summed E-state index contributed by atoms with van der Waals surface area (Å²) in [4.78, 5) is 43.4. The number of benzene rings is 1. The van der Waals surface area contributed by atoms with Crippen molar-refractivity contribution in [2.45, 2.75) is 39.2 Å². The zero-order valence-corrected chi connectivity index (χ0v) is 16.8. The van der Waals surface area contributed by atoms with Gasteiger partial charge in [-0.1, -0.05) is 18.2 Å². The van der Waals surface area contributed by atoms with Crippen LogP contribution in [0.4, 0.5) is 0 Å². The number of esters is 2. The van der Waals surface area contributed by atoms with Crippen molar-refractivity contribution >= 4 is 28.7 Å². The average Bonchev–Trinajstić information content (AvgIpc) is 3.09. The second-order valence-corrected chi connectivity index (χ2v) is 7.57. The smallest absolute Gasteiger partial charge is 0.309 e. The zero-order valence-electron chi connectivity index (χ0n) is 16.8. The normalized spacial score (nSPS) is 23.4. The molecule has 2 aliphatic heterocycles. The second-order valence-electron chi connectivity index (χ2n) is 7.57. The number of carbonyl (C=O) groups is 3. The maximum absolute atomic E-state index is 13.3. The highest BCUT2D eigenvalue weighted by molar-refractivity contribution is 5.91. The molecule has 0 saturated carbocycles. The fourth-order valence-corrected chi connectivity index (χ4v) is 4.76. The number of fused-ring (bicyclic) bond motifs is 5. The van der Waals surface area contributed by atoms with Crippen molar-refractivity contribution in [3.63, 3.8) is 0 Å². The Kier molecular flexibility index (Phi) is 5.30. The summed E-state index contributed by atoms with van der Waals surface area (Å²) in [5.41, 5.74) is 3.24. The van der Waals surface area contributed by atoms with E-state index in [1.54, 1.807) is 13.8 Å². The van der Waals surface area contributed by atoms with Crippen LogP contribution in [0.3, 0.4) is 0 Å². The van der Waals surface area contributed by atoms with E-state index in [2.05, 4.69) is 11.1 Å². The van der Waals surface area contributed by atoms with Crippen LogP contribution in [0.1, 0.15) is 44.0 Å². The lowest BCUT2D eigenvalue weighted by molar-refractivity contribution is -0.165. The topological polar surface area (TPSA) is 88.7 Å². The van der Waals surface area contributed by atoms with Gasteiger partial charge in [0.15, 0.2) is 0 Å². The Balaban J connectivity index is 1.69. The minimum absolute atomic E-state index is 0.0983. The van der Waals surface area contributed by atoms with Gasteiger partial charge < -0.3 is 19.4 Å². The van der Waals surface area contributed by atoms with E-state index in [9.17, 15) is 14.4 Å². The number of aromatic nitrogens is 1. The van der Waals surface area contributed by atoms with E-state index in [0.717, 1.165) is 23.0 Å². The molecular formula is C22H26N2O5. The van der Waals surface area contributed by atoms with E-state index < -0.39 is 23.8 Å². The minimum atomic E-state index is -0.740. The van der Waals surface area contributed by atoms with Crippen LogP contribution < -0.4 is 0 Å². The molecule has 1 saturated heterocycles. The average molecular weight is 398 g/mol. The molecule has 1 amide bonds. The number of carbonyl (C=O) groups excluding carboxylic acids is 3. The third kappa shape index (κ3) is 3.39. The predicted octanol–water partition coefficient (Wildman–Crippen LogP) is 2.75. The Morgan fingerprint density at radius 1 is 1.17 bits per heavy atom. The standard InChI is InChI=1S/C22H26N2O5/c1-3-28-19(25)12-15-16(22(27)29-4-2)11-18-20-14(9-10-24(18)21(15)26)13-7-5-6-8-17(13)23-20/h5-8,15-16,18,23H,3-4,9-12H2,1-2H3/t15-,16-,18-/m0/s1. The molecule has 154 valence electrons. The van der Waals surface area contributed by atoms with E-state index in [-0.39, 0.29) is 31.6 Å². The molecule has 1 N–H and O–H groups in total. The molecule has 2 aliphatic rings. The SMILES string of the molecule is CCOC(=O)C[C@@H]1C(=O)N2CCc3c([nH]c4ccccc34)[C@@H]2C[C@@H]1C(=O)OCC. The summed E-state index contributed by atoms with van der Waals surface area (Å²) in [6.45, 7) is 4.52. The molecule has 0 unspecified atom stereocenters. The fourth-order valence-electron chi connectivity index (χ4n) is 4.76. The molecule has 1 aromatic heterocycles. The third-order valence-electron chi connectivity index (χ3n) is 6.00. The van der Waals surface area contributed by atoms with Gasteiger partial charge in [0.25, 0.3) is 0 Å². The largest absolute Gasteiger partial charge is 0.466 e. The summed E-state index contributed by atoms with van der Waals surface area (Å²) in [6.07, 6.45) is 1.09. The molecule has 3 atom stereocenters. The number of aromatic amines is 1. The van der Waals surface area contributed by atoms with Crippen LogP contribution in [0.2, 0.25) is 0 Å². The van der Waals surface area contributed by atoms with Crippen molar-refractivity contribution < 1.29 is 23.9 Å². The first kappa shape index (κ1) is 19.5. The first-order valence-electron chi connectivity index (χ1n) is 10.3. The van der Waals surface area contributed by atoms with Gasteiger partial charge in [-0.25, -0.2) is 0 Å². The Labute approximate surface area is 169 Å². The van der Waals surface area contributed by atoms with E-state index in [1.165, 1.54) is 5.56 Å². The highest BCUT2D eigenvalue weighted by atomic mass is 16.5. The number of piperidine rings is 1. The highest BCUT2D eigenvalue weighted by Gasteiger charge is 2.49. The number of rotatable bonds is 5. The summed E-state index contributed by atoms with van der Waals surface area (Å²) in [5.74, 6) is -2.45. The Morgan fingerprint density at radius 2 is 1.93 bits per heavy atom. The summed E-state index contributed by atoms with van der Waals surface area (Å²) in [7, 11) is 0. The summed E-state index contributed by atoms with van der Waals surface area (Å²) < 4.78 is 10.3. The molecule has 0 spiro atoms. The highest BCUT2D eigenvalue weighted by Crippen LogP contribution is 2.44. The monoisotopic (exact) mass is 398 g/mol. The maximum atomic E-state index is 13.3. The van der Waals surface area contributed by atoms with E-state index >= 15 is 0 Å². The molecule has 29 heavy (non-hydrogen) atoms. The number of ether oxygens (including phenoxy) is 2. The Bertz CT molecular complexity index is 950. The molecular weight excluding hydrogens is 372 g/mol. The van der Waals surface area contributed by atoms with Crippen molar-refractivity contribution in [1.82, 2.24) is 9.88 Å². The molecule has 7 nitrogen and oxygen atoms in total. The lowest BCUT2D eigenvalue weighted by Crippen LogP contribution is -2.52. The molecule has 0 bridgehead atoms. The van der Waals surface area contributed by atoms with Crippen LogP contribution in [0, 0.1) is 11.8 Å². The van der Waals surface area contributed by atoms with Crippen LogP contribution in [0.25, 0.3) is 10.9 Å². The van der Waals surface area contributed by atoms with Gasteiger partial charge in [0.2, 0.25) is 5.91 Å².